The Morgan fingerprint density at radius 3 is 1.13 bits per heavy atom. The molecule has 1 saturated carbocycles. The van der Waals surface area contributed by atoms with Crippen LogP contribution < -0.4 is 0 Å². The van der Waals surface area contributed by atoms with E-state index in [1.54, 1.807) is 0 Å². The molecule has 0 bridgehead atoms. The highest BCUT2D eigenvalue weighted by Gasteiger charge is 2.31. The van der Waals surface area contributed by atoms with E-state index in [4.69, 9.17) is 9.47 Å². The van der Waals surface area contributed by atoms with Crippen molar-refractivity contribution in [2.24, 2.45) is 17.8 Å². The van der Waals surface area contributed by atoms with E-state index in [1.165, 1.54) is 219 Å². The number of nitrogens with zero attached hydrogens (tertiary/aromatic N) is 1. The van der Waals surface area contributed by atoms with Gasteiger partial charge in [0.05, 0.1) is 13.2 Å². The molecule has 5 nitrogen and oxygen atoms in total. The molecule has 0 atom stereocenters. The summed E-state index contributed by atoms with van der Waals surface area (Å²) in [4.78, 5) is 27.8. The van der Waals surface area contributed by atoms with E-state index >= 15 is 0 Å². The molecule has 0 spiro atoms. The van der Waals surface area contributed by atoms with E-state index in [9.17, 15) is 9.59 Å². The van der Waals surface area contributed by atoms with Gasteiger partial charge in [0, 0.05) is 18.4 Å². The van der Waals surface area contributed by atoms with Crippen LogP contribution in [0.15, 0.2) is 0 Å². The lowest BCUT2D eigenvalue weighted by molar-refractivity contribution is -0.144. The molecule has 0 aromatic rings. The van der Waals surface area contributed by atoms with Crippen LogP contribution in [0.3, 0.4) is 0 Å². The molecule has 0 N–H and O–H groups in total. The first-order chi connectivity index (χ1) is 29.7. The molecule has 362 valence electrons. The van der Waals surface area contributed by atoms with Gasteiger partial charge in [0.1, 0.15) is 0 Å². The fraction of sp³-hybridized carbons (Fsp3) is 0.964. The predicted molar refractivity (Wildman–Crippen MR) is 265 cm³/mol. The molecule has 0 heterocycles. The largest absolute Gasteiger partial charge is 0.466 e. The third-order valence-electron chi connectivity index (χ3n) is 14.4. The van der Waals surface area contributed by atoms with Gasteiger partial charge in [-0.1, -0.05) is 214 Å². The molecule has 0 radical (unpaired) electrons. The molecule has 0 amide bonds. The van der Waals surface area contributed by atoms with Crippen molar-refractivity contribution in [3.05, 3.63) is 0 Å². The first-order valence-electron chi connectivity index (χ1n) is 27.8. The topological polar surface area (TPSA) is 55.8 Å². The standard InChI is InChI=1S/C56H109NO4/c1-7-11-15-25-36-51(37-26-16-12-8-2)42-34-48-60-54(58)44-29-21-19-23-31-46-57(56(5,6)50-53-40-33-41-53)47-32-24-20-22-30-45-55(59)61-49-35-43-52(38-27-17-13-9-3)39-28-18-14-10-4/h51-53H,7-50H2,1-6H3. The lowest BCUT2D eigenvalue weighted by Crippen LogP contribution is -2.47. The molecule has 0 unspecified atom stereocenters. The van der Waals surface area contributed by atoms with Crippen molar-refractivity contribution >= 4 is 11.9 Å². The molecule has 0 aromatic heterocycles. The van der Waals surface area contributed by atoms with Gasteiger partial charge in [-0.25, -0.2) is 0 Å². The van der Waals surface area contributed by atoms with Gasteiger partial charge >= 0.3 is 11.9 Å². The number of carbonyl (C=O) groups is 2. The maximum Gasteiger partial charge on any atom is 0.305 e. The first kappa shape index (κ1) is 57.9. The van der Waals surface area contributed by atoms with Crippen molar-refractivity contribution in [3.8, 4) is 0 Å². The van der Waals surface area contributed by atoms with Gasteiger partial charge in [0.2, 0.25) is 0 Å². The van der Waals surface area contributed by atoms with Gasteiger partial charge < -0.3 is 9.47 Å². The summed E-state index contributed by atoms with van der Waals surface area (Å²) in [7, 11) is 0. The van der Waals surface area contributed by atoms with E-state index in [0.717, 1.165) is 56.3 Å². The van der Waals surface area contributed by atoms with E-state index < -0.39 is 0 Å². The second kappa shape index (κ2) is 41.6. The van der Waals surface area contributed by atoms with Crippen LogP contribution in [0.5, 0.6) is 0 Å². The number of hydrogen-bond acceptors (Lipinski definition) is 5. The number of hydrogen-bond donors (Lipinski definition) is 0. The highest BCUT2D eigenvalue weighted by atomic mass is 16.5. The number of ether oxygens (including phenoxy) is 2. The van der Waals surface area contributed by atoms with Crippen molar-refractivity contribution in [2.45, 2.75) is 304 Å². The minimum Gasteiger partial charge on any atom is -0.466 e. The Labute approximate surface area is 382 Å². The van der Waals surface area contributed by atoms with Gasteiger partial charge in [0.15, 0.2) is 0 Å². The normalized spacial score (nSPS) is 13.5. The van der Waals surface area contributed by atoms with Gasteiger partial charge in [0.25, 0.3) is 0 Å². The van der Waals surface area contributed by atoms with Crippen LogP contribution in [0.25, 0.3) is 0 Å². The summed E-state index contributed by atoms with van der Waals surface area (Å²) in [5.41, 5.74) is 0.257. The minimum atomic E-state index is 0.0155. The molecule has 5 heteroatoms. The van der Waals surface area contributed by atoms with Gasteiger partial charge in [-0.15, -0.1) is 0 Å². The van der Waals surface area contributed by atoms with Crippen molar-refractivity contribution in [1.82, 2.24) is 4.90 Å². The second-order valence-electron chi connectivity index (χ2n) is 20.7. The van der Waals surface area contributed by atoms with Crippen molar-refractivity contribution in [3.63, 3.8) is 0 Å². The molecule has 1 rings (SSSR count). The number of rotatable bonds is 47. The zero-order valence-corrected chi connectivity index (χ0v) is 42.4. The zero-order valence-electron chi connectivity index (χ0n) is 42.4. The van der Waals surface area contributed by atoms with Crippen molar-refractivity contribution < 1.29 is 19.1 Å². The number of carbonyl (C=O) groups excluding carboxylic acids is 2. The average Bonchev–Trinajstić information content (AvgIpc) is 3.23. The van der Waals surface area contributed by atoms with Crippen LogP contribution in [-0.2, 0) is 19.1 Å². The maximum absolute atomic E-state index is 12.5. The fourth-order valence-electron chi connectivity index (χ4n) is 10.0. The molecule has 0 saturated heterocycles. The fourth-order valence-corrected chi connectivity index (χ4v) is 10.0. The van der Waals surface area contributed by atoms with Gasteiger partial charge in [-0.3, -0.25) is 14.5 Å². The third-order valence-corrected chi connectivity index (χ3v) is 14.4. The van der Waals surface area contributed by atoms with E-state index in [-0.39, 0.29) is 17.5 Å². The maximum atomic E-state index is 12.5. The Kier molecular flexibility index (Phi) is 39.5. The van der Waals surface area contributed by atoms with Crippen LogP contribution in [0, 0.1) is 17.8 Å². The lowest BCUT2D eigenvalue weighted by atomic mass is 9.76. The smallest absolute Gasteiger partial charge is 0.305 e. The molecule has 61 heavy (non-hydrogen) atoms. The Morgan fingerprint density at radius 1 is 0.459 bits per heavy atom. The third kappa shape index (κ3) is 34.9. The Bertz CT molecular complexity index is 876. The van der Waals surface area contributed by atoms with Crippen LogP contribution >= 0.6 is 0 Å². The predicted octanol–water partition coefficient (Wildman–Crippen LogP) is 17.7. The first-order valence-corrected chi connectivity index (χ1v) is 27.8. The molecule has 0 aromatic carbocycles. The Balaban J connectivity index is 2.25. The molecule has 1 aliphatic rings. The van der Waals surface area contributed by atoms with E-state index in [0.29, 0.717) is 26.1 Å². The van der Waals surface area contributed by atoms with Gasteiger partial charge in [-0.05, 0) is 102 Å². The summed E-state index contributed by atoms with van der Waals surface area (Å²) < 4.78 is 11.4. The Hall–Kier alpha value is -1.10. The highest BCUT2D eigenvalue weighted by molar-refractivity contribution is 5.69. The van der Waals surface area contributed by atoms with Crippen molar-refractivity contribution in [1.29, 1.82) is 0 Å². The SMILES string of the molecule is CCCCCCC(CCCCCC)CCCOC(=O)CCCCCCCN(CCCCCCCC(=O)OCCCC(CCCCCC)CCCCCC)C(C)(C)CC1CCC1. The molecule has 1 fully saturated rings. The van der Waals surface area contributed by atoms with Crippen LogP contribution in [0.2, 0.25) is 0 Å². The van der Waals surface area contributed by atoms with E-state index in [1.807, 2.05) is 0 Å². The molecule has 0 aliphatic heterocycles. The summed E-state index contributed by atoms with van der Waals surface area (Å²) in [5, 5.41) is 0. The van der Waals surface area contributed by atoms with Crippen LogP contribution in [0.1, 0.15) is 298 Å². The number of unbranched alkanes of at least 4 members (excludes halogenated alkanes) is 20. The summed E-state index contributed by atoms with van der Waals surface area (Å²) in [6.45, 7) is 17.7. The summed E-state index contributed by atoms with van der Waals surface area (Å²) >= 11 is 0. The van der Waals surface area contributed by atoms with Crippen LogP contribution in [-0.4, -0.2) is 48.7 Å². The molecular weight excluding hydrogens is 751 g/mol. The van der Waals surface area contributed by atoms with Crippen molar-refractivity contribution in [2.75, 3.05) is 26.3 Å². The molecule has 1 aliphatic carbocycles. The average molecular weight is 860 g/mol. The van der Waals surface area contributed by atoms with E-state index in [2.05, 4.69) is 46.4 Å². The van der Waals surface area contributed by atoms with Crippen LogP contribution in [0.4, 0.5) is 0 Å². The van der Waals surface area contributed by atoms with Gasteiger partial charge in [-0.2, -0.15) is 0 Å². The zero-order chi connectivity index (χ0) is 44.5. The summed E-state index contributed by atoms with van der Waals surface area (Å²) in [6, 6.07) is 0. The minimum absolute atomic E-state index is 0.0155. The molecular formula is C56H109NO4. The quantitative estimate of drug-likeness (QED) is 0.0451. The Morgan fingerprint density at radius 2 is 0.787 bits per heavy atom. The summed E-state index contributed by atoms with van der Waals surface area (Å²) in [6.07, 6.45) is 49.9. The highest BCUT2D eigenvalue weighted by Crippen LogP contribution is 2.36. The lowest BCUT2D eigenvalue weighted by Gasteiger charge is -2.43. The monoisotopic (exact) mass is 860 g/mol. The number of esters is 2. The summed E-state index contributed by atoms with van der Waals surface area (Å²) in [5.74, 6) is 2.57. The second-order valence-corrected chi connectivity index (χ2v) is 20.7.